The van der Waals surface area contributed by atoms with Gasteiger partial charge in [-0.2, -0.15) is 0 Å². The Morgan fingerprint density at radius 3 is 2.60 bits per heavy atom. The minimum Gasteiger partial charge on any atom is -0.347 e. The third-order valence-corrected chi connectivity index (χ3v) is 5.47. The molecule has 0 amide bonds. The molecule has 3 unspecified atom stereocenters. The fourth-order valence-electron chi connectivity index (χ4n) is 4.41. The lowest BCUT2D eigenvalue weighted by atomic mass is 9.71. The van der Waals surface area contributed by atoms with E-state index in [1.165, 1.54) is 57.8 Å². The number of aromatic nitrogens is 2. The molecule has 2 saturated carbocycles. The van der Waals surface area contributed by atoms with E-state index in [4.69, 9.17) is 0 Å². The largest absolute Gasteiger partial charge is 0.347 e. The van der Waals surface area contributed by atoms with E-state index in [1.807, 2.05) is 12.4 Å². The average Bonchev–Trinajstić information content (AvgIpc) is 3.03. The molecule has 1 aromatic rings. The number of nitrogens with one attached hydrogen (secondary N) is 2. The smallest absolute Gasteiger partial charge is 0.122 e. The summed E-state index contributed by atoms with van der Waals surface area (Å²) in [6.45, 7) is 2.24. The highest BCUT2D eigenvalue weighted by atomic mass is 15.0. The van der Waals surface area contributed by atoms with Crippen LogP contribution in [-0.4, -0.2) is 16.0 Å². The average molecular weight is 275 g/mol. The zero-order valence-corrected chi connectivity index (χ0v) is 12.8. The van der Waals surface area contributed by atoms with Crippen molar-refractivity contribution >= 4 is 0 Å². The van der Waals surface area contributed by atoms with E-state index in [1.54, 1.807) is 0 Å². The summed E-state index contributed by atoms with van der Waals surface area (Å²) in [7, 11) is 0. The van der Waals surface area contributed by atoms with Gasteiger partial charge in [0.1, 0.15) is 5.82 Å². The predicted octanol–water partition coefficient (Wildman–Crippen LogP) is 4.20. The van der Waals surface area contributed by atoms with Gasteiger partial charge in [-0.05, 0) is 31.6 Å². The Balaban J connectivity index is 1.62. The van der Waals surface area contributed by atoms with Crippen molar-refractivity contribution in [2.75, 3.05) is 0 Å². The number of H-pyrrole nitrogens is 1. The second-order valence-corrected chi connectivity index (χ2v) is 6.82. The van der Waals surface area contributed by atoms with E-state index < -0.39 is 0 Å². The van der Waals surface area contributed by atoms with Gasteiger partial charge in [-0.1, -0.05) is 44.9 Å². The zero-order chi connectivity index (χ0) is 13.8. The SMILES string of the molecule is CC(NC1CCCCC1C1CCCCC1)c1ncc[nH]1. The maximum absolute atomic E-state index is 4.40. The quantitative estimate of drug-likeness (QED) is 0.864. The molecule has 0 saturated heterocycles. The van der Waals surface area contributed by atoms with Crippen molar-refractivity contribution in [1.82, 2.24) is 15.3 Å². The summed E-state index contributed by atoms with van der Waals surface area (Å²) in [6, 6.07) is 1.05. The molecule has 1 aromatic heterocycles. The molecule has 3 nitrogen and oxygen atoms in total. The number of hydrogen-bond donors (Lipinski definition) is 2. The van der Waals surface area contributed by atoms with E-state index in [0.717, 1.165) is 17.7 Å². The van der Waals surface area contributed by atoms with Gasteiger partial charge in [0.25, 0.3) is 0 Å². The van der Waals surface area contributed by atoms with E-state index in [0.29, 0.717) is 12.1 Å². The van der Waals surface area contributed by atoms with Crippen molar-refractivity contribution in [3.8, 4) is 0 Å². The Labute approximate surface area is 123 Å². The van der Waals surface area contributed by atoms with Gasteiger partial charge in [-0.3, -0.25) is 0 Å². The molecule has 3 heteroatoms. The summed E-state index contributed by atoms with van der Waals surface area (Å²) in [6.07, 6.45) is 16.7. The molecule has 2 aliphatic carbocycles. The number of rotatable bonds is 4. The lowest BCUT2D eigenvalue weighted by Gasteiger charge is -2.40. The van der Waals surface area contributed by atoms with Crippen molar-refractivity contribution in [2.24, 2.45) is 11.8 Å². The highest BCUT2D eigenvalue weighted by Gasteiger charge is 2.33. The third-order valence-electron chi connectivity index (χ3n) is 5.47. The minimum absolute atomic E-state index is 0.346. The van der Waals surface area contributed by atoms with Gasteiger partial charge in [-0.25, -0.2) is 4.98 Å². The first kappa shape index (κ1) is 14.1. The van der Waals surface area contributed by atoms with Crippen LogP contribution in [0.4, 0.5) is 0 Å². The summed E-state index contributed by atoms with van der Waals surface area (Å²) >= 11 is 0. The van der Waals surface area contributed by atoms with Crippen LogP contribution in [0.1, 0.15) is 76.6 Å². The maximum Gasteiger partial charge on any atom is 0.122 e. The van der Waals surface area contributed by atoms with Crippen LogP contribution < -0.4 is 5.32 Å². The molecular formula is C17H29N3. The van der Waals surface area contributed by atoms with Crippen LogP contribution >= 0.6 is 0 Å². The fourth-order valence-corrected chi connectivity index (χ4v) is 4.41. The van der Waals surface area contributed by atoms with Gasteiger partial charge >= 0.3 is 0 Å². The predicted molar refractivity (Wildman–Crippen MR) is 82.5 cm³/mol. The molecule has 112 valence electrons. The van der Waals surface area contributed by atoms with Crippen LogP contribution in [0.25, 0.3) is 0 Å². The summed E-state index contributed by atoms with van der Waals surface area (Å²) < 4.78 is 0. The van der Waals surface area contributed by atoms with Crippen LogP contribution in [0, 0.1) is 11.8 Å². The summed E-state index contributed by atoms with van der Waals surface area (Å²) in [4.78, 5) is 7.65. The van der Waals surface area contributed by atoms with Crippen molar-refractivity contribution in [3.05, 3.63) is 18.2 Å². The lowest BCUT2D eigenvalue weighted by Crippen LogP contribution is -2.43. The van der Waals surface area contributed by atoms with Gasteiger partial charge in [-0.15, -0.1) is 0 Å². The van der Waals surface area contributed by atoms with Gasteiger partial charge in [0.2, 0.25) is 0 Å². The lowest BCUT2D eigenvalue weighted by molar-refractivity contribution is 0.142. The van der Waals surface area contributed by atoms with Gasteiger partial charge in [0.15, 0.2) is 0 Å². The Bertz CT molecular complexity index is 381. The Kier molecular flexibility index (Phi) is 4.77. The second kappa shape index (κ2) is 6.75. The third kappa shape index (κ3) is 3.25. The standard InChI is InChI=1S/C17H29N3/c1-13(17-18-11-12-19-17)20-16-10-6-5-9-15(16)14-7-3-2-4-8-14/h11-16,20H,2-10H2,1H3,(H,18,19). The Morgan fingerprint density at radius 1 is 1.10 bits per heavy atom. The first-order valence-corrected chi connectivity index (χ1v) is 8.60. The molecule has 0 aromatic carbocycles. The summed E-state index contributed by atoms with van der Waals surface area (Å²) in [5.41, 5.74) is 0. The molecule has 0 aliphatic heterocycles. The Morgan fingerprint density at radius 2 is 1.85 bits per heavy atom. The van der Waals surface area contributed by atoms with Crippen molar-refractivity contribution in [3.63, 3.8) is 0 Å². The number of nitrogens with zero attached hydrogens (tertiary/aromatic N) is 1. The number of hydrogen-bond acceptors (Lipinski definition) is 2. The van der Waals surface area contributed by atoms with E-state index in [2.05, 4.69) is 22.2 Å². The highest BCUT2D eigenvalue weighted by Crippen LogP contribution is 2.39. The molecule has 0 spiro atoms. The minimum atomic E-state index is 0.346. The van der Waals surface area contributed by atoms with Crippen LogP contribution in [0.5, 0.6) is 0 Å². The molecule has 3 rings (SSSR count). The van der Waals surface area contributed by atoms with Gasteiger partial charge in [0.05, 0.1) is 6.04 Å². The monoisotopic (exact) mass is 275 g/mol. The van der Waals surface area contributed by atoms with Crippen LogP contribution in [0.15, 0.2) is 12.4 Å². The highest BCUT2D eigenvalue weighted by molar-refractivity contribution is 4.96. The maximum atomic E-state index is 4.40. The molecule has 2 fully saturated rings. The normalized spacial score (nSPS) is 30.2. The van der Waals surface area contributed by atoms with Crippen molar-refractivity contribution in [1.29, 1.82) is 0 Å². The van der Waals surface area contributed by atoms with Crippen LogP contribution in [-0.2, 0) is 0 Å². The molecule has 2 aliphatic rings. The summed E-state index contributed by atoms with van der Waals surface area (Å²) in [5, 5.41) is 3.87. The van der Waals surface area contributed by atoms with E-state index in [9.17, 15) is 0 Å². The van der Waals surface area contributed by atoms with Crippen LogP contribution in [0.2, 0.25) is 0 Å². The van der Waals surface area contributed by atoms with Gasteiger partial charge < -0.3 is 10.3 Å². The number of aromatic amines is 1. The van der Waals surface area contributed by atoms with Crippen molar-refractivity contribution < 1.29 is 0 Å². The van der Waals surface area contributed by atoms with E-state index in [-0.39, 0.29) is 0 Å². The molecule has 1 heterocycles. The molecule has 20 heavy (non-hydrogen) atoms. The topological polar surface area (TPSA) is 40.7 Å². The molecule has 3 atom stereocenters. The summed E-state index contributed by atoms with van der Waals surface area (Å²) in [5.74, 6) is 2.96. The molecular weight excluding hydrogens is 246 g/mol. The second-order valence-electron chi connectivity index (χ2n) is 6.82. The molecule has 2 N–H and O–H groups in total. The van der Waals surface area contributed by atoms with Gasteiger partial charge in [0, 0.05) is 18.4 Å². The molecule has 0 bridgehead atoms. The zero-order valence-electron chi connectivity index (χ0n) is 12.8. The first-order chi connectivity index (χ1) is 9.84. The number of imidazole rings is 1. The van der Waals surface area contributed by atoms with Crippen LogP contribution in [0.3, 0.4) is 0 Å². The first-order valence-electron chi connectivity index (χ1n) is 8.60. The van der Waals surface area contributed by atoms with Crippen molar-refractivity contribution in [2.45, 2.75) is 76.8 Å². The van der Waals surface area contributed by atoms with E-state index >= 15 is 0 Å². The molecule has 0 radical (unpaired) electrons. The fraction of sp³-hybridized carbons (Fsp3) is 0.824. The Hall–Kier alpha value is -0.830.